The third-order valence-electron chi connectivity index (χ3n) is 4.03. The van der Waals surface area contributed by atoms with Gasteiger partial charge in [-0.15, -0.1) is 0 Å². The molecule has 1 aromatic carbocycles. The zero-order valence-corrected chi connectivity index (χ0v) is 12.0. The van der Waals surface area contributed by atoms with Crippen molar-refractivity contribution in [2.75, 3.05) is 19.6 Å². The smallest absolute Gasteiger partial charge is 0.0234 e. The molecule has 0 amide bonds. The quantitative estimate of drug-likeness (QED) is 0.882. The molecule has 1 fully saturated rings. The van der Waals surface area contributed by atoms with Crippen molar-refractivity contribution < 1.29 is 0 Å². The van der Waals surface area contributed by atoms with E-state index in [1.54, 1.807) is 0 Å². The normalized spacial score (nSPS) is 21.8. The summed E-state index contributed by atoms with van der Waals surface area (Å²) in [6.07, 6.45) is 2.49. The highest BCUT2D eigenvalue weighted by Gasteiger charge is 2.16. The maximum absolute atomic E-state index is 3.63. The van der Waals surface area contributed by atoms with E-state index in [-0.39, 0.29) is 0 Å². The first-order chi connectivity index (χ1) is 8.69. The van der Waals surface area contributed by atoms with Gasteiger partial charge in [0.05, 0.1) is 0 Å². The Hall–Kier alpha value is -0.860. The predicted molar refractivity (Wildman–Crippen MR) is 77.9 cm³/mol. The van der Waals surface area contributed by atoms with Crippen LogP contribution in [0.25, 0.3) is 0 Å². The molecule has 0 aromatic heterocycles. The second kappa shape index (κ2) is 6.35. The van der Waals surface area contributed by atoms with E-state index < -0.39 is 0 Å². The molecule has 1 aromatic rings. The van der Waals surface area contributed by atoms with Crippen molar-refractivity contribution in [3.8, 4) is 0 Å². The SMILES string of the molecule is CCC1CN(Cc2ccc(C)c(C)c2)CCCN1. The molecular formula is C16H26N2. The minimum atomic E-state index is 0.666. The number of nitrogens with zero attached hydrogens (tertiary/aromatic N) is 1. The maximum Gasteiger partial charge on any atom is 0.0234 e. The van der Waals surface area contributed by atoms with Gasteiger partial charge in [-0.05, 0) is 56.5 Å². The molecule has 100 valence electrons. The molecule has 0 spiro atoms. The number of rotatable bonds is 3. The van der Waals surface area contributed by atoms with Crippen LogP contribution in [-0.2, 0) is 6.54 Å². The summed E-state index contributed by atoms with van der Waals surface area (Å²) in [6.45, 7) is 11.3. The van der Waals surface area contributed by atoms with E-state index in [0.717, 1.165) is 6.54 Å². The van der Waals surface area contributed by atoms with E-state index in [1.807, 2.05) is 0 Å². The fourth-order valence-electron chi connectivity index (χ4n) is 2.65. The largest absolute Gasteiger partial charge is 0.313 e. The highest BCUT2D eigenvalue weighted by Crippen LogP contribution is 2.13. The van der Waals surface area contributed by atoms with Crippen LogP contribution < -0.4 is 5.32 Å². The molecular weight excluding hydrogens is 220 g/mol. The van der Waals surface area contributed by atoms with Crippen molar-refractivity contribution >= 4 is 0 Å². The summed E-state index contributed by atoms with van der Waals surface area (Å²) >= 11 is 0. The maximum atomic E-state index is 3.63. The Balaban J connectivity index is 2.00. The van der Waals surface area contributed by atoms with Gasteiger partial charge in [0.15, 0.2) is 0 Å². The van der Waals surface area contributed by atoms with E-state index in [1.165, 1.54) is 49.2 Å². The molecule has 1 aliphatic rings. The summed E-state index contributed by atoms with van der Waals surface area (Å²) in [5, 5.41) is 3.63. The van der Waals surface area contributed by atoms with E-state index in [2.05, 4.69) is 49.2 Å². The van der Waals surface area contributed by atoms with Gasteiger partial charge in [-0.1, -0.05) is 25.1 Å². The molecule has 1 heterocycles. The standard InChI is InChI=1S/C16H26N2/c1-4-16-12-18(9-5-8-17-16)11-15-7-6-13(2)14(3)10-15/h6-7,10,16-17H,4-5,8-9,11-12H2,1-3H3. The minimum absolute atomic E-state index is 0.666. The van der Waals surface area contributed by atoms with Crippen molar-refractivity contribution in [1.82, 2.24) is 10.2 Å². The van der Waals surface area contributed by atoms with Gasteiger partial charge < -0.3 is 5.32 Å². The summed E-state index contributed by atoms with van der Waals surface area (Å²) in [4.78, 5) is 2.60. The average Bonchev–Trinajstić information content (AvgIpc) is 2.59. The van der Waals surface area contributed by atoms with Crippen LogP contribution in [0.15, 0.2) is 18.2 Å². The Labute approximate surface area is 111 Å². The molecule has 1 unspecified atom stereocenters. The van der Waals surface area contributed by atoms with Crippen molar-refractivity contribution in [1.29, 1.82) is 0 Å². The molecule has 0 bridgehead atoms. The molecule has 0 aliphatic carbocycles. The Morgan fingerprint density at radius 3 is 2.83 bits per heavy atom. The van der Waals surface area contributed by atoms with Crippen LogP contribution in [0.5, 0.6) is 0 Å². The predicted octanol–water partition coefficient (Wildman–Crippen LogP) is 2.88. The first kappa shape index (κ1) is 13.6. The summed E-state index contributed by atoms with van der Waals surface area (Å²) in [6, 6.07) is 7.54. The fraction of sp³-hybridized carbons (Fsp3) is 0.625. The van der Waals surface area contributed by atoms with Gasteiger partial charge in [0.2, 0.25) is 0 Å². The lowest BCUT2D eigenvalue weighted by Gasteiger charge is -2.24. The molecule has 18 heavy (non-hydrogen) atoms. The van der Waals surface area contributed by atoms with Crippen LogP contribution in [-0.4, -0.2) is 30.6 Å². The number of hydrogen-bond donors (Lipinski definition) is 1. The fourth-order valence-corrected chi connectivity index (χ4v) is 2.65. The second-order valence-corrected chi connectivity index (χ2v) is 5.57. The molecule has 0 radical (unpaired) electrons. The van der Waals surface area contributed by atoms with Gasteiger partial charge >= 0.3 is 0 Å². The van der Waals surface area contributed by atoms with Crippen LogP contribution in [0.2, 0.25) is 0 Å². The van der Waals surface area contributed by atoms with Gasteiger partial charge in [-0.3, -0.25) is 4.90 Å². The van der Waals surface area contributed by atoms with E-state index in [4.69, 9.17) is 0 Å². The molecule has 0 saturated carbocycles. The number of benzene rings is 1. The Morgan fingerprint density at radius 2 is 2.11 bits per heavy atom. The van der Waals surface area contributed by atoms with E-state index in [9.17, 15) is 0 Å². The Kier molecular flexibility index (Phi) is 4.79. The molecule has 2 heteroatoms. The third kappa shape index (κ3) is 3.56. The lowest BCUT2D eigenvalue weighted by Crippen LogP contribution is -2.36. The summed E-state index contributed by atoms with van der Waals surface area (Å²) in [5.74, 6) is 0. The van der Waals surface area contributed by atoms with E-state index in [0.29, 0.717) is 6.04 Å². The highest BCUT2D eigenvalue weighted by molar-refractivity contribution is 5.29. The van der Waals surface area contributed by atoms with Crippen molar-refractivity contribution in [2.45, 2.75) is 46.2 Å². The molecule has 2 rings (SSSR count). The lowest BCUT2D eigenvalue weighted by atomic mass is 10.1. The van der Waals surface area contributed by atoms with Gasteiger partial charge in [0.1, 0.15) is 0 Å². The van der Waals surface area contributed by atoms with Crippen LogP contribution in [0.1, 0.15) is 36.5 Å². The van der Waals surface area contributed by atoms with Crippen molar-refractivity contribution in [2.24, 2.45) is 0 Å². The van der Waals surface area contributed by atoms with Gasteiger partial charge in [-0.25, -0.2) is 0 Å². The van der Waals surface area contributed by atoms with Crippen molar-refractivity contribution in [3.63, 3.8) is 0 Å². The third-order valence-corrected chi connectivity index (χ3v) is 4.03. The second-order valence-electron chi connectivity index (χ2n) is 5.57. The number of nitrogens with one attached hydrogen (secondary N) is 1. The molecule has 1 aliphatic heterocycles. The molecule has 1 saturated heterocycles. The van der Waals surface area contributed by atoms with Gasteiger partial charge in [-0.2, -0.15) is 0 Å². The van der Waals surface area contributed by atoms with Crippen LogP contribution in [0.3, 0.4) is 0 Å². The molecule has 2 nitrogen and oxygen atoms in total. The van der Waals surface area contributed by atoms with E-state index >= 15 is 0 Å². The monoisotopic (exact) mass is 246 g/mol. The first-order valence-electron chi connectivity index (χ1n) is 7.21. The van der Waals surface area contributed by atoms with Gasteiger partial charge in [0, 0.05) is 19.1 Å². The summed E-state index contributed by atoms with van der Waals surface area (Å²) < 4.78 is 0. The van der Waals surface area contributed by atoms with Gasteiger partial charge in [0.25, 0.3) is 0 Å². The first-order valence-corrected chi connectivity index (χ1v) is 7.21. The number of hydrogen-bond acceptors (Lipinski definition) is 2. The number of aryl methyl sites for hydroxylation is 2. The Morgan fingerprint density at radius 1 is 1.28 bits per heavy atom. The zero-order valence-electron chi connectivity index (χ0n) is 12.0. The highest BCUT2D eigenvalue weighted by atomic mass is 15.2. The summed E-state index contributed by atoms with van der Waals surface area (Å²) in [5.41, 5.74) is 4.25. The summed E-state index contributed by atoms with van der Waals surface area (Å²) in [7, 11) is 0. The average molecular weight is 246 g/mol. The zero-order chi connectivity index (χ0) is 13.0. The molecule has 1 atom stereocenters. The lowest BCUT2D eigenvalue weighted by molar-refractivity contribution is 0.257. The minimum Gasteiger partial charge on any atom is -0.313 e. The van der Waals surface area contributed by atoms with Crippen LogP contribution >= 0.6 is 0 Å². The molecule has 1 N–H and O–H groups in total. The van der Waals surface area contributed by atoms with Crippen molar-refractivity contribution in [3.05, 3.63) is 34.9 Å². The Bertz CT molecular complexity index is 387. The van der Waals surface area contributed by atoms with Crippen LogP contribution in [0.4, 0.5) is 0 Å². The topological polar surface area (TPSA) is 15.3 Å². The van der Waals surface area contributed by atoms with Crippen LogP contribution in [0, 0.1) is 13.8 Å².